The van der Waals surface area contributed by atoms with Crippen LogP contribution in [0, 0.1) is 0 Å². The monoisotopic (exact) mass is 746 g/mol. The van der Waals surface area contributed by atoms with Crippen molar-refractivity contribution in [3.8, 4) is 5.75 Å². The molecule has 1 aliphatic heterocycles. The molecule has 0 saturated carbocycles. The number of ether oxygens (including phenoxy) is 2. The highest BCUT2D eigenvalue weighted by molar-refractivity contribution is 9.10. The number of carbonyl (C=O) groups excluding carboxylic acids is 1. The zero-order chi connectivity index (χ0) is 33.9. The van der Waals surface area contributed by atoms with Crippen LogP contribution in [0.25, 0.3) is 22.5 Å². The molecule has 0 unspecified atom stereocenters. The van der Waals surface area contributed by atoms with Crippen LogP contribution in [0.4, 0.5) is 0 Å². The summed E-state index contributed by atoms with van der Waals surface area (Å²) in [6.45, 7) is 2.33. The largest absolute Gasteiger partial charge is 0.488 e. The Labute approximate surface area is 300 Å². The van der Waals surface area contributed by atoms with E-state index < -0.39 is 12.0 Å². The van der Waals surface area contributed by atoms with Crippen molar-refractivity contribution >= 4 is 67.5 Å². The van der Waals surface area contributed by atoms with Gasteiger partial charge in [-0.25, -0.2) is 9.79 Å². The van der Waals surface area contributed by atoms with Gasteiger partial charge < -0.3 is 9.47 Å². The highest BCUT2D eigenvalue weighted by Crippen LogP contribution is 2.36. The second-order valence-electron chi connectivity index (χ2n) is 11.3. The molecule has 1 atom stereocenters. The van der Waals surface area contributed by atoms with Gasteiger partial charge in [0.1, 0.15) is 12.4 Å². The van der Waals surface area contributed by atoms with Crippen molar-refractivity contribution < 1.29 is 14.3 Å². The number of thiazole rings is 1. The quantitative estimate of drug-likeness (QED) is 0.110. The van der Waals surface area contributed by atoms with Crippen molar-refractivity contribution in [2.75, 3.05) is 12.9 Å². The molecule has 0 aliphatic carbocycles. The van der Waals surface area contributed by atoms with Crippen molar-refractivity contribution in [1.82, 2.24) is 4.57 Å². The molecule has 0 saturated heterocycles. The van der Waals surface area contributed by atoms with E-state index >= 15 is 0 Å². The van der Waals surface area contributed by atoms with E-state index in [0.717, 1.165) is 42.4 Å². The fourth-order valence-corrected chi connectivity index (χ4v) is 7.62. The number of benzene rings is 5. The van der Waals surface area contributed by atoms with E-state index in [-0.39, 0.29) is 12.2 Å². The van der Waals surface area contributed by atoms with Crippen LogP contribution in [0.15, 0.2) is 140 Å². The molecule has 0 bridgehead atoms. The van der Waals surface area contributed by atoms with E-state index in [1.54, 1.807) is 23.3 Å². The molecule has 0 amide bonds. The van der Waals surface area contributed by atoms with Crippen LogP contribution in [0.3, 0.4) is 0 Å². The number of carbonyl (C=O) groups is 1. The molecular weight excluding hydrogens is 716 g/mol. The summed E-state index contributed by atoms with van der Waals surface area (Å²) in [5.74, 6) is 0.157. The maximum Gasteiger partial charge on any atom is 0.338 e. The number of nitrogens with zero attached hydrogens (tertiary/aromatic N) is 2. The van der Waals surface area contributed by atoms with Crippen LogP contribution in [0.1, 0.15) is 35.2 Å². The summed E-state index contributed by atoms with van der Waals surface area (Å²) in [7, 11) is 0. The van der Waals surface area contributed by atoms with E-state index in [9.17, 15) is 9.59 Å². The molecule has 1 aliphatic rings. The summed E-state index contributed by atoms with van der Waals surface area (Å²) >= 11 is 6.42. The molecule has 2 heterocycles. The lowest BCUT2D eigenvalue weighted by Gasteiger charge is -2.26. The van der Waals surface area contributed by atoms with Crippen molar-refractivity contribution in [2.24, 2.45) is 4.99 Å². The van der Waals surface area contributed by atoms with Crippen LogP contribution >= 0.6 is 39.0 Å². The maximum absolute atomic E-state index is 14.6. The van der Waals surface area contributed by atoms with E-state index in [4.69, 9.17) is 14.5 Å². The number of thioether (sulfide) groups is 1. The van der Waals surface area contributed by atoms with E-state index in [0.29, 0.717) is 33.0 Å². The predicted octanol–water partition coefficient (Wildman–Crippen LogP) is 8.15. The number of halogens is 1. The molecule has 0 spiro atoms. The molecular formula is C40H31BrN2O4S2. The first-order valence-corrected chi connectivity index (χ1v) is 18.6. The second kappa shape index (κ2) is 14.4. The van der Waals surface area contributed by atoms with Gasteiger partial charge in [-0.1, -0.05) is 112 Å². The number of rotatable bonds is 9. The molecule has 0 N–H and O–H groups in total. The Balaban J connectivity index is 1.45. The fourth-order valence-electron chi connectivity index (χ4n) is 5.97. The van der Waals surface area contributed by atoms with Gasteiger partial charge in [0.15, 0.2) is 4.80 Å². The average molecular weight is 748 g/mol. The minimum atomic E-state index is -0.746. The maximum atomic E-state index is 14.6. The fraction of sp³-hybridized carbons (Fsp3) is 0.125. The lowest BCUT2D eigenvalue weighted by Crippen LogP contribution is -2.40. The summed E-state index contributed by atoms with van der Waals surface area (Å²) < 4.78 is 15.1. The second-order valence-corrected chi connectivity index (χ2v) is 14.1. The summed E-state index contributed by atoms with van der Waals surface area (Å²) in [5, 5.41) is 1.99. The number of hydrogen-bond donors (Lipinski definition) is 0. The zero-order valence-electron chi connectivity index (χ0n) is 26.8. The molecule has 0 radical (unpaired) electrons. The Hall–Kier alpha value is -4.70. The van der Waals surface area contributed by atoms with Crippen molar-refractivity contribution in [3.63, 3.8) is 0 Å². The third kappa shape index (κ3) is 6.66. The normalized spacial score (nSPS) is 14.4. The number of hydrogen-bond acceptors (Lipinski definition) is 7. The highest BCUT2D eigenvalue weighted by Gasteiger charge is 2.35. The topological polar surface area (TPSA) is 69.9 Å². The molecule has 7 rings (SSSR count). The van der Waals surface area contributed by atoms with Gasteiger partial charge in [0.25, 0.3) is 5.56 Å². The first-order chi connectivity index (χ1) is 23.9. The Morgan fingerprint density at radius 3 is 2.41 bits per heavy atom. The van der Waals surface area contributed by atoms with Gasteiger partial charge in [0, 0.05) is 20.5 Å². The van der Waals surface area contributed by atoms with E-state index in [1.165, 1.54) is 11.3 Å². The average Bonchev–Trinajstić information content (AvgIpc) is 3.45. The third-order valence-corrected chi connectivity index (χ3v) is 10.6. The highest BCUT2D eigenvalue weighted by atomic mass is 79.9. The molecule has 244 valence electrons. The van der Waals surface area contributed by atoms with E-state index in [1.807, 2.05) is 128 Å². The van der Waals surface area contributed by atoms with E-state index in [2.05, 4.69) is 15.9 Å². The minimum Gasteiger partial charge on any atom is -0.488 e. The Bertz CT molecular complexity index is 2380. The third-order valence-electron chi connectivity index (χ3n) is 8.32. The summed E-state index contributed by atoms with van der Waals surface area (Å²) in [6.07, 6.45) is 3.91. The Morgan fingerprint density at radius 1 is 0.939 bits per heavy atom. The van der Waals surface area contributed by atoms with Gasteiger partial charge in [-0.15, -0.1) is 11.8 Å². The standard InChI is InChI=1S/C40H31BrN2O4S2/c1-3-46-39(45)35-36(27-10-5-4-6-11-27)42-40-43(37(35)28-15-20-30(48-2)21-16-28)38(44)34(49-40)23-32-31-12-8-7-9-26(31)17-22-33(32)47-24-25-13-18-29(41)19-14-25/h4-23,37H,3,24H2,1-2H3/b34-23-/t37-/m0/s1. The van der Waals surface area contributed by atoms with Gasteiger partial charge in [-0.3, -0.25) is 9.36 Å². The molecule has 6 aromatic rings. The smallest absolute Gasteiger partial charge is 0.338 e. The molecule has 6 nitrogen and oxygen atoms in total. The lowest BCUT2D eigenvalue weighted by atomic mass is 9.93. The van der Waals surface area contributed by atoms with Gasteiger partial charge >= 0.3 is 5.97 Å². The number of esters is 1. The zero-order valence-corrected chi connectivity index (χ0v) is 30.0. The first kappa shape index (κ1) is 32.8. The van der Waals surface area contributed by atoms with Crippen molar-refractivity contribution in [1.29, 1.82) is 0 Å². The summed E-state index contributed by atoms with van der Waals surface area (Å²) in [5.41, 5.74) is 3.96. The van der Waals surface area contributed by atoms with Crippen LogP contribution in [-0.2, 0) is 16.1 Å². The van der Waals surface area contributed by atoms with Crippen LogP contribution < -0.4 is 19.6 Å². The van der Waals surface area contributed by atoms with Gasteiger partial charge in [-0.2, -0.15) is 0 Å². The molecule has 9 heteroatoms. The summed E-state index contributed by atoms with van der Waals surface area (Å²) in [6, 6.07) is 36.8. The lowest BCUT2D eigenvalue weighted by molar-refractivity contribution is -0.138. The van der Waals surface area contributed by atoms with Crippen LogP contribution in [-0.4, -0.2) is 23.4 Å². The number of aromatic nitrogens is 1. The van der Waals surface area contributed by atoms with Crippen LogP contribution in [0.2, 0.25) is 0 Å². The van der Waals surface area contributed by atoms with Gasteiger partial charge in [0.2, 0.25) is 0 Å². The SMILES string of the molecule is CCOC(=O)C1=C(c2ccccc2)N=c2s/c(=C\c3c(OCc4ccc(Br)cc4)ccc4ccccc34)c(=O)n2[C@H]1c1ccc(SC)cc1. The Morgan fingerprint density at radius 2 is 1.67 bits per heavy atom. The number of fused-ring (bicyclic) bond motifs is 2. The van der Waals surface area contributed by atoms with Gasteiger partial charge in [-0.05, 0) is 71.5 Å². The van der Waals surface area contributed by atoms with Gasteiger partial charge in [0.05, 0.1) is 28.5 Å². The predicted molar refractivity (Wildman–Crippen MR) is 202 cm³/mol. The molecule has 5 aromatic carbocycles. The van der Waals surface area contributed by atoms with Crippen LogP contribution in [0.5, 0.6) is 5.75 Å². The summed E-state index contributed by atoms with van der Waals surface area (Å²) in [4.78, 5) is 35.0. The molecule has 1 aromatic heterocycles. The van der Waals surface area contributed by atoms with Crippen molar-refractivity contribution in [2.45, 2.75) is 24.5 Å². The first-order valence-electron chi connectivity index (χ1n) is 15.8. The Kier molecular flexibility index (Phi) is 9.66. The molecule has 49 heavy (non-hydrogen) atoms. The van der Waals surface area contributed by atoms with Crippen molar-refractivity contribution in [3.05, 3.63) is 167 Å². The minimum absolute atomic E-state index is 0.192. The molecule has 0 fully saturated rings.